The summed E-state index contributed by atoms with van der Waals surface area (Å²) < 4.78 is 23.4. The maximum atomic E-state index is 11.7. The summed E-state index contributed by atoms with van der Waals surface area (Å²) in [6, 6.07) is 6.19. The molecule has 1 heterocycles. The number of aromatic carboxylic acids is 1. The van der Waals surface area contributed by atoms with Crippen molar-refractivity contribution in [1.82, 2.24) is 0 Å². The molecule has 1 aliphatic heterocycles. The SMILES string of the molecule is O=C(O)c1cccc(C2CCCS2(=O)=O)c1. The van der Waals surface area contributed by atoms with Gasteiger partial charge >= 0.3 is 5.97 Å². The first-order chi connectivity index (χ1) is 7.50. The number of carbonyl (C=O) groups is 1. The second kappa shape index (κ2) is 3.90. The van der Waals surface area contributed by atoms with Crippen molar-refractivity contribution in [3.05, 3.63) is 35.4 Å². The van der Waals surface area contributed by atoms with Gasteiger partial charge in [-0.3, -0.25) is 0 Å². The van der Waals surface area contributed by atoms with E-state index < -0.39 is 21.1 Å². The molecule has 1 aromatic rings. The van der Waals surface area contributed by atoms with Crippen LogP contribution in [0, 0.1) is 0 Å². The van der Waals surface area contributed by atoms with Crippen molar-refractivity contribution < 1.29 is 18.3 Å². The lowest BCUT2D eigenvalue weighted by atomic mass is 10.1. The molecule has 4 nitrogen and oxygen atoms in total. The fraction of sp³-hybridized carbons (Fsp3) is 0.364. The fourth-order valence-corrected chi connectivity index (χ4v) is 3.98. The van der Waals surface area contributed by atoms with Crippen LogP contribution in [-0.4, -0.2) is 25.2 Å². The summed E-state index contributed by atoms with van der Waals surface area (Å²) >= 11 is 0. The Balaban J connectivity index is 2.41. The largest absolute Gasteiger partial charge is 0.478 e. The van der Waals surface area contributed by atoms with Gasteiger partial charge in [-0.2, -0.15) is 0 Å². The minimum absolute atomic E-state index is 0.139. The Kier molecular flexibility index (Phi) is 2.71. The molecule has 1 unspecified atom stereocenters. The average Bonchev–Trinajstić information content (AvgIpc) is 2.58. The van der Waals surface area contributed by atoms with Gasteiger partial charge in [-0.15, -0.1) is 0 Å². The average molecular weight is 240 g/mol. The Labute approximate surface area is 93.8 Å². The lowest BCUT2D eigenvalue weighted by Gasteiger charge is -2.09. The van der Waals surface area contributed by atoms with Gasteiger partial charge in [-0.25, -0.2) is 13.2 Å². The van der Waals surface area contributed by atoms with Crippen molar-refractivity contribution in [2.75, 3.05) is 5.75 Å². The minimum Gasteiger partial charge on any atom is -0.478 e. The van der Waals surface area contributed by atoms with E-state index in [1.54, 1.807) is 12.1 Å². The van der Waals surface area contributed by atoms with Crippen molar-refractivity contribution in [2.45, 2.75) is 18.1 Å². The Hall–Kier alpha value is -1.36. The van der Waals surface area contributed by atoms with Crippen LogP contribution >= 0.6 is 0 Å². The topological polar surface area (TPSA) is 71.4 Å². The lowest BCUT2D eigenvalue weighted by molar-refractivity contribution is 0.0696. The highest BCUT2D eigenvalue weighted by atomic mass is 32.2. The van der Waals surface area contributed by atoms with Crippen LogP contribution in [0.2, 0.25) is 0 Å². The summed E-state index contributed by atoms with van der Waals surface area (Å²) in [6.07, 6.45) is 1.25. The van der Waals surface area contributed by atoms with Gasteiger partial charge in [0.1, 0.15) is 0 Å². The van der Waals surface area contributed by atoms with E-state index in [4.69, 9.17) is 5.11 Å². The molecular weight excluding hydrogens is 228 g/mol. The van der Waals surface area contributed by atoms with Crippen molar-refractivity contribution in [2.24, 2.45) is 0 Å². The summed E-state index contributed by atoms with van der Waals surface area (Å²) in [5, 5.41) is 8.31. The molecule has 0 aromatic heterocycles. The summed E-state index contributed by atoms with van der Waals surface area (Å²) in [7, 11) is -3.08. The quantitative estimate of drug-likeness (QED) is 0.852. The summed E-state index contributed by atoms with van der Waals surface area (Å²) in [5.74, 6) is -0.827. The summed E-state index contributed by atoms with van der Waals surface area (Å²) in [6.45, 7) is 0. The van der Waals surface area contributed by atoms with E-state index in [2.05, 4.69) is 0 Å². The van der Waals surface area contributed by atoms with Gasteiger partial charge in [0.2, 0.25) is 0 Å². The Bertz CT molecular complexity index is 519. The van der Waals surface area contributed by atoms with E-state index in [-0.39, 0.29) is 11.3 Å². The third-order valence-corrected chi connectivity index (χ3v) is 5.07. The van der Waals surface area contributed by atoms with Gasteiger partial charge in [0, 0.05) is 0 Å². The molecule has 5 heteroatoms. The molecule has 1 saturated heterocycles. The molecule has 1 N–H and O–H groups in total. The van der Waals surface area contributed by atoms with Crippen molar-refractivity contribution in [3.63, 3.8) is 0 Å². The van der Waals surface area contributed by atoms with Gasteiger partial charge in [-0.1, -0.05) is 12.1 Å². The Morgan fingerprint density at radius 2 is 2.12 bits per heavy atom. The summed E-state index contributed by atoms with van der Waals surface area (Å²) in [4.78, 5) is 10.8. The van der Waals surface area contributed by atoms with Crippen LogP contribution in [0.3, 0.4) is 0 Å². The van der Waals surface area contributed by atoms with Crippen LogP contribution in [0.1, 0.15) is 34.0 Å². The van der Waals surface area contributed by atoms with E-state index in [1.165, 1.54) is 12.1 Å². The minimum atomic E-state index is -3.08. The van der Waals surface area contributed by atoms with Gasteiger partial charge < -0.3 is 5.11 Å². The smallest absolute Gasteiger partial charge is 0.335 e. The molecule has 0 spiro atoms. The van der Waals surface area contributed by atoms with Crippen LogP contribution in [-0.2, 0) is 9.84 Å². The van der Waals surface area contributed by atoms with E-state index in [1.807, 2.05) is 0 Å². The van der Waals surface area contributed by atoms with E-state index in [0.29, 0.717) is 18.4 Å². The molecule has 16 heavy (non-hydrogen) atoms. The number of hydrogen-bond acceptors (Lipinski definition) is 3. The molecule has 0 radical (unpaired) electrons. The van der Waals surface area contributed by atoms with Gasteiger partial charge in [0.25, 0.3) is 0 Å². The normalized spacial score (nSPS) is 23.1. The molecule has 0 aliphatic carbocycles. The first kappa shape index (κ1) is 11.1. The highest BCUT2D eigenvalue weighted by Crippen LogP contribution is 2.34. The molecule has 1 atom stereocenters. The number of rotatable bonds is 2. The number of carboxylic acids is 1. The Morgan fingerprint density at radius 3 is 2.69 bits per heavy atom. The third-order valence-electron chi connectivity index (χ3n) is 2.83. The monoisotopic (exact) mass is 240 g/mol. The molecule has 0 amide bonds. The van der Waals surface area contributed by atoms with Crippen molar-refractivity contribution >= 4 is 15.8 Å². The predicted octanol–water partition coefficient (Wildman–Crippen LogP) is 1.63. The third kappa shape index (κ3) is 1.95. The van der Waals surface area contributed by atoms with E-state index in [0.717, 1.165) is 0 Å². The second-order valence-electron chi connectivity index (χ2n) is 3.93. The van der Waals surface area contributed by atoms with Crippen LogP contribution in [0.15, 0.2) is 24.3 Å². The number of carboxylic acid groups (broad SMARTS) is 1. The van der Waals surface area contributed by atoms with Crippen LogP contribution in [0.5, 0.6) is 0 Å². The van der Waals surface area contributed by atoms with E-state index in [9.17, 15) is 13.2 Å². The maximum absolute atomic E-state index is 11.7. The van der Waals surface area contributed by atoms with Crippen molar-refractivity contribution in [1.29, 1.82) is 0 Å². The zero-order valence-electron chi connectivity index (χ0n) is 8.59. The second-order valence-corrected chi connectivity index (χ2v) is 6.23. The van der Waals surface area contributed by atoms with Crippen molar-refractivity contribution in [3.8, 4) is 0 Å². The lowest BCUT2D eigenvalue weighted by Crippen LogP contribution is -2.08. The van der Waals surface area contributed by atoms with Gasteiger partial charge in [0.05, 0.1) is 16.6 Å². The summed E-state index contributed by atoms with van der Waals surface area (Å²) in [5.41, 5.74) is 0.733. The fourth-order valence-electron chi connectivity index (χ4n) is 2.04. The molecular formula is C11H12O4S. The first-order valence-corrected chi connectivity index (χ1v) is 6.77. The van der Waals surface area contributed by atoms with Crippen LogP contribution in [0.4, 0.5) is 0 Å². The Morgan fingerprint density at radius 1 is 1.38 bits per heavy atom. The molecule has 1 fully saturated rings. The standard InChI is InChI=1S/C11H12O4S/c12-11(13)9-4-1-3-8(7-9)10-5-2-6-16(10,14)15/h1,3-4,7,10H,2,5-6H2,(H,12,13). The van der Waals surface area contributed by atoms with E-state index >= 15 is 0 Å². The highest BCUT2D eigenvalue weighted by Gasteiger charge is 2.32. The molecule has 1 aromatic carbocycles. The zero-order valence-corrected chi connectivity index (χ0v) is 9.40. The molecule has 0 saturated carbocycles. The number of sulfone groups is 1. The first-order valence-electron chi connectivity index (χ1n) is 5.05. The molecule has 86 valence electrons. The predicted molar refractivity (Wildman–Crippen MR) is 59.2 cm³/mol. The van der Waals surface area contributed by atoms with Crippen LogP contribution in [0.25, 0.3) is 0 Å². The van der Waals surface area contributed by atoms with Gasteiger partial charge in [-0.05, 0) is 30.5 Å². The number of hydrogen-bond donors (Lipinski definition) is 1. The molecule has 0 bridgehead atoms. The van der Waals surface area contributed by atoms with Gasteiger partial charge in [0.15, 0.2) is 9.84 Å². The van der Waals surface area contributed by atoms with Crippen LogP contribution < -0.4 is 0 Å². The maximum Gasteiger partial charge on any atom is 0.335 e. The molecule has 1 aliphatic rings. The number of benzene rings is 1. The molecule has 2 rings (SSSR count). The highest BCUT2D eigenvalue weighted by molar-refractivity contribution is 7.91. The zero-order chi connectivity index (χ0) is 11.8.